The van der Waals surface area contributed by atoms with Gasteiger partial charge in [-0.15, -0.1) is 10.2 Å². The predicted molar refractivity (Wildman–Crippen MR) is 111 cm³/mol. The summed E-state index contributed by atoms with van der Waals surface area (Å²) in [6.45, 7) is 0.465. The number of rotatable bonds is 5. The van der Waals surface area contributed by atoms with Gasteiger partial charge < -0.3 is 5.32 Å². The number of fused-ring (bicyclic) bond motifs is 3. The van der Waals surface area contributed by atoms with Crippen LogP contribution in [0.25, 0.3) is 22.4 Å². The topological polar surface area (TPSA) is 81.3 Å². The van der Waals surface area contributed by atoms with Crippen LogP contribution in [0.5, 0.6) is 0 Å². The number of benzene rings is 2. The number of hydrogen-bond acceptors (Lipinski definition) is 5. The lowest BCUT2D eigenvalue weighted by Gasteiger charge is -2.13. The molecule has 0 unspecified atom stereocenters. The zero-order valence-electron chi connectivity index (χ0n) is 16.2. The molecule has 0 saturated carbocycles. The molecule has 0 spiro atoms. The Morgan fingerprint density at radius 1 is 1.10 bits per heavy atom. The molecule has 0 aliphatic rings. The summed E-state index contributed by atoms with van der Waals surface area (Å²) in [6, 6.07) is 14.2. The number of nitrogens with zero attached hydrogens (tertiary/aromatic N) is 4. The molecule has 31 heavy (non-hydrogen) atoms. The molecular formula is C20H16F3N5O2S. The van der Waals surface area contributed by atoms with E-state index in [4.69, 9.17) is 0 Å². The second-order valence-electron chi connectivity index (χ2n) is 6.74. The van der Waals surface area contributed by atoms with Crippen LogP contribution in [0.4, 0.5) is 13.2 Å². The van der Waals surface area contributed by atoms with Gasteiger partial charge in [0.2, 0.25) is 11.7 Å². The number of halogens is 3. The van der Waals surface area contributed by atoms with Crippen molar-refractivity contribution < 1.29 is 18.0 Å². The third-order valence-corrected chi connectivity index (χ3v) is 5.50. The van der Waals surface area contributed by atoms with Crippen LogP contribution < -0.4 is 10.9 Å². The van der Waals surface area contributed by atoms with E-state index in [1.54, 1.807) is 40.8 Å². The molecule has 0 aliphatic heterocycles. The summed E-state index contributed by atoms with van der Waals surface area (Å²) in [5, 5.41) is 10.8. The van der Waals surface area contributed by atoms with Crippen molar-refractivity contribution in [1.29, 1.82) is 0 Å². The first kappa shape index (κ1) is 20.9. The van der Waals surface area contributed by atoms with Crippen LogP contribution in [-0.4, -0.2) is 43.5 Å². The first-order valence-corrected chi connectivity index (χ1v) is 10.2. The van der Waals surface area contributed by atoms with Crippen molar-refractivity contribution in [2.45, 2.75) is 18.3 Å². The van der Waals surface area contributed by atoms with Gasteiger partial charge in [-0.1, -0.05) is 42.1 Å². The number of amides is 1. The third kappa shape index (κ3) is 4.13. The van der Waals surface area contributed by atoms with Gasteiger partial charge in [-0.05, 0) is 30.7 Å². The van der Waals surface area contributed by atoms with Gasteiger partial charge in [0.15, 0.2) is 5.16 Å². The van der Waals surface area contributed by atoms with Gasteiger partial charge in [0.1, 0.15) is 6.54 Å². The monoisotopic (exact) mass is 447 g/mol. The molecule has 1 amide bonds. The third-order valence-electron chi connectivity index (χ3n) is 4.57. The molecule has 2 aromatic heterocycles. The van der Waals surface area contributed by atoms with Crippen LogP contribution in [0.3, 0.4) is 0 Å². The average Bonchev–Trinajstić information content (AvgIpc) is 3.15. The van der Waals surface area contributed by atoms with E-state index in [0.717, 1.165) is 17.3 Å². The summed E-state index contributed by atoms with van der Waals surface area (Å²) in [5.41, 5.74) is 1.75. The Morgan fingerprint density at radius 3 is 2.55 bits per heavy atom. The van der Waals surface area contributed by atoms with Gasteiger partial charge in [0, 0.05) is 0 Å². The van der Waals surface area contributed by atoms with Crippen LogP contribution in [0.2, 0.25) is 0 Å². The number of aromatic nitrogens is 4. The average molecular weight is 447 g/mol. The Balaban J connectivity index is 1.80. The van der Waals surface area contributed by atoms with Crippen molar-refractivity contribution in [2.75, 3.05) is 12.3 Å². The summed E-state index contributed by atoms with van der Waals surface area (Å²) in [7, 11) is 0. The minimum Gasteiger partial charge on any atom is -0.346 e. The van der Waals surface area contributed by atoms with Crippen molar-refractivity contribution in [3.05, 3.63) is 64.4 Å². The highest BCUT2D eigenvalue weighted by molar-refractivity contribution is 7.99. The second kappa shape index (κ2) is 8.06. The lowest BCUT2D eigenvalue weighted by Crippen LogP contribution is -2.34. The number of alkyl halides is 3. The van der Waals surface area contributed by atoms with Crippen molar-refractivity contribution >= 4 is 34.3 Å². The van der Waals surface area contributed by atoms with Gasteiger partial charge in [-0.25, -0.2) is 4.57 Å². The molecule has 0 atom stereocenters. The quantitative estimate of drug-likeness (QED) is 0.476. The number of thioether (sulfide) groups is 1. The van der Waals surface area contributed by atoms with Crippen LogP contribution >= 0.6 is 11.8 Å². The molecule has 0 bridgehead atoms. The van der Waals surface area contributed by atoms with E-state index in [2.05, 4.69) is 10.2 Å². The number of carbonyl (C=O) groups excluding carboxylic acids is 1. The Kier molecular flexibility index (Phi) is 5.44. The van der Waals surface area contributed by atoms with E-state index < -0.39 is 18.6 Å². The highest BCUT2D eigenvalue weighted by Crippen LogP contribution is 2.24. The maximum absolute atomic E-state index is 13.3. The summed E-state index contributed by atoms with van der Waals surface area (Å²) >= 11 is 0.939. The minimum atomic E-state index is -4.48. The predicted octanol–water partition coefficient (Wildman–Crippen LogP) is 3.11. The fraction of sp³-hybridized carbons (Fsp3) is 0.200. The molecule has 0 saturated heterocycles. The van der Waals surface area contributed by atoms with Gasteiger partial charge >= 0.3 is 6.18 Å². The van der Waals surface area contributed by atoms with Gasteiger partial charge in [-0.2, -0.15) is 13.2 Å². The van der Waals surface area contributed by atoms with Crippen molar-refractivity contribution in [1.82, 2.24) is 24.5 Å². The molecule has 160 valence electrons. The fourth-order valence-electron chi connectivity index (χ4n) is 3.18. The Hall–Kier alpha value is -3.34. The summed E-state index contributed by atoms with van der Waals surface area (Å²) < 4.78 is 40.0. The minimum absolute atomic E-state index is 0.246. The standard InChI is InChI=1S/C20H16F3N5O2S/c1-12-6-2-4-8-14(12)27-17(30)13-7-3-5-9-15(13)28-18(27)25-26-19(28)31-10-16(29)24-11-20(21,22)23/h2-9H,10-11H2,1H3,(H,24,29). The number of hydrogen-bond donors (Lipinski definition) is 1. The molecule has 0 aliphatic carbocycles. The number of para-hydroxylation sites is 2. The Morgan fingerprint density at radius 2 is 1.81 bits per heavy atom. The maximum atomic E-state index is 13.3. The number of carbonyl (C=O) groups is 1. The lowest BCUT2D eigenvalue weighted by molar-refractivity contribution is -0.136. The Labute approximate surface area is 177 Å². The molecule has 4 aromatic rings. The summed E-state index contributed by atoms with van der Waals surface area (Å²) in [5.74, 6) is -0.818. The maximum Gasteiger partial charge on any atom is 0.405 e. The van der Waals surface area contributed by atoms with Crippen LogP contribution in [0.15, 0.2) is 58.5 Å². The molecule has 2 heterocycles. The van der Waals surface area contributed by atoms with Gasteiger partial charge in [0.25, 0.3) is 5.56 Å². The van der Waals surface area contributed by atoms with E-state index in [9.17, 15) is 22.8 Å². The number of nitrogens with one attached hydrogen (secondary N) is 1. The van der Waals surface area contributed by atoms with E-state index in [-0.39, 0.29) is 22.2 Å². The molecule has 2 aromatic carbocycles. The van der Waals surface area contributed by atoms with Gasteiger partial charge in [0.05, 0.1) is 22.3 Å². The molecule has 0 radical (unpaired) electrons. The van der Waals surface area contributed by atoms with Crippen molar-refractivity contribution in [3.8, 4) is 5.69 Å². The largest absolute Gasteiger partial charge is 0.405 e. The second-order valence-corrected chi connectivity index (χ2v) is 7.69. The molecule has 1 N–H and O–H groups in total. The van der Waals surface area contributed by atoms with E-state index in [0.29, 0.717) is 16.6 Å². The van der Waals surface area contributed by atoms with E-state index in [1.165, 1.54) is 4.57 Å². The molecule has 11 heteroatoms. The highest BCUT2D eigenvalue weighted by Gasteiger charge is 2.28. The van der Waals surface area contributed by atoms with Crippen LogP contribution in [0.1, 0.15) is 5.56 Å². The Bertz CT molecular complexity index is 1350. The summed E-state index contributed by atoms with van der Waals surface area (Å²) in [4.78, 5) is 25.1. The van der Waals surface area contributed by atoms with Crippen molar-refractivity contribution in [3.63, 3.8) is 0 Å². The van der Waals surface area contributed by atoms with E-state index >= 15 is 0 Å². The van der Waals surface area contributed by atoms with E-state index in [1.807, 2.05) is 24.4 Å². The molecular weight excluding hydrogens is 431 g/mol. The first-order valence-electron chi connectivity index (χ1n) is 9.17. The fourth-order valence-corrected chi connectivity index (χ4v) is 3.95. The van der Waals surface area contributed by atoms with Gasteiger partial charge in [-0.3, -0.25) is 14.0 Å². The van der Waals surface area contributed by atoms with Crippen molar-refractivity contribution in [2.24, 2.45) is 0 Å². The normalized spacial score (nSPS) is 11.9. The zero-order valence-corrected chi connectivity index (χ0v) is 17.0. The SMILES string of the molecule is Cc1ccccc1-n1c(=O)c2ccccc2n2c(SCC(=O)NCC(F)(F)F)nnc12. The smallest absolute Gasteiger partial charge is 0.346 e. The first-order chi connectivity index (χ1) is 14.8. The highest BCUT2D eigenvalue weighted by atomic mass is 32.2. The number of aryl methyl sites for hydroxylation is 1. The molecule has 7 nitrogen and oxygen atoms in total. The van der Waals surface area contributed by atoms with Crippen LogP contribution in [-0.2, 0) is 4.79 Å². The van der Waals surface area contributed by atoms with Crippen LogP contribution in [0, 0.1) is 6.92 Å². The molecule has 0 fully saturated rings. The summed E-state index contributed by atoms with van der Waals surface area (Å²) in [6.07, 6.45) is -4.48. The zero-order chi connectivity index (χ0) is 22.2. The lowest BCUT2D eigenvalue weighted by atomic mass is 10.2. The molecule has 4 rings (SSSR count).